The number of nitrogens with one attached hydrogen (secondary N) is 1. The summed E-state index contributed by atoms with van der Waals surface area (Å²) in [6.07, 6.45) is 7.16. The Morgan fingerprint density at radius 3 is 2.14 bits per heavy atom. The Balaban J connectivity index is 2.63. The van der Waals surface area contributed by atoms with Gasteiger partial charge < -0.3 is 5.32 Å². The van der Waals surface area contributed by atoms with Gasteiger partial charge in [-0.3, -0.25) is 0 Å². The molecule has 0 spiro atoms. The van der Waals surface area contributed by atoms with Gasteiger partial charge in [-0.05, 0) is 30.7 Å². The van der Waals surface area contributed by atoms with Crippen LogP contribution in [0.3, 0.4) is 0 Å². The zero-order valence-electron chi connectivity index (χ0n) is 10.4. The summed E-state index contributed by atoms with van der Waals surface area (Å²) in [5, 5.41) is 3.69. The zero-order valence-corrected chi connectivity index (χ0v) is 10.4. The smallest absolute Gasteiger partial charge is 0.0144 e. The first-order valence-electron chi connectivity index (χ1n) is 6.33. The highest BCUT2D eigenvalue weighted by Gasteiger charge is 2.36. The average Bonchev–Trinajstić information content (AvgIpc) is 2.14. The Kier molecular flexibility index (Phi) is 4.43. The molecule has 0 aromatic carbocycles. The summed E-state index contributed by atoms with van der Waals surface area (Å²) in [5.41, 5.74) is 0.558. The minimum atomic E-state index is 0.558. The maximum Gasteiger partial charge on any atom is 0.0144 e. The molecule has 1 rings (SSSR count). The number of hydrogen-bond acceptors (Lipinski definition) is 1. The fourth-order valence-corrected chi connectivity index (χ4v) is 3.18. The highest BCUT2D eigenvalue weighted by molar-refractivity contribution is 4.91. The van der Waals surface area contributed by atoms with E-state index in [0.717, 1.165) is 12.5 Å². The lowest BCUT2D eigenvalue weighted by Gasteiger charge is -2.43. The van der Waals surface area contributed by atoms with Gasteiger partial charge in [0.1, 0.15) is 0 Å². The molecule has 1 nitrogen and oxygen atoms in total. The third-order valence-corrected chi connectivity index (χ3v) is 3.84. The van der Waals surface area contributed by atoms with E-state index in [2.05, 4.69) is 33.0 Å². The molecule has 1 aliphatic rings. The van der Waals surface area contributed by atoms with Crippen molar-refractivity contribution in [1.29, 1.82) is 0 Å². The van der Waals surface area contributed by atoms with E-state index in [0.29, 0.717) is 11.5 Å². The van der Waals surface area contributed by atoms with Gasteiger partial charge in [0, 0.05) is 6.04 Å². The lowest BCUT2D eigenvalue weighted by Crippen LogP contribution is -2.48. The molecule has 0 aromatic rings. The van der Waals surface area contributed by atoms with Crippen molar-refractivity contribution in [3.63, 3.8) is 0 Å². The summed E-state index contributed by atoms with van der Waals surface area (Å²) in [4.78, 5) is 0. The van der Waals surface area contributed by atoms with E-state index < -0.39 is 0 Å². The molecule has 1 fully saturated rings. The average molecular weight is 197 g/mol. The van der Waals surface area contributed by atoms with Crippen molar-refractivity contribution in [1.82, 2.24) is 5.32 Å². The quantitative estimate of drug-likeness (QED) is 0.726. The third-order valence-electron chi connectivity index (χ3n) is 3.84. The minimum absolute atomic E-state index is 0.558. The third kappa shape index (κ3) is 2.73. The number of rotatable bonds is 4. The van der Waals surface area contributed by atoms with Gasteiger partial charge in [0.2, 0.25) is 0 Å². The highest BCUT2D eigenvalue weighted by atomic mass is 14.9. The molecule has 0 radical (unpaired) electrons. The van der Waals surface area contributed by atoms with Gasteiger partial charge in [0.15, 0.2) is 0 Å². The molecule has 1 unspecified atom stereocenters. The van der Waals surface area contributed by atoms with Crippen LogP contribution in [0.4, 0.5) is 0 Å². The molecular formula is C13H27N. The molecule has 0 amide bonds. The summed E-state index contributed by atoms with van der Waals surface area (Å²) in [6, 6.07) is 0.716. The van der Waals surface area contributed by atoms with E-state index in [1.54, 1.807) is 0 Å². The first-order chi connectivity index (χ1) is 6.60. The van der Waals surface area contributed by atoms with Crippen LogP contribution < -0.4 is 5.32 Å². The fraction of sp³-hybridized carbons (Fsp3) is 1.00. The van der Waals surface area contributed by atoms with E-state index in [1.807, 2.05) is 0 Å². The predicted octanol–water partition coefficient (Wildman–Crippen LogP) is 3.59. The van der Waals surface area contributed by atoms with Crippen molar-refractivity contribution in [3.8, 4) is 0 Å². The van der Waals surface area contributed by atoms with Gasteiger partial charge in [-0.2, -0.15) is 0 Å². The molecular weight excluding hydrogens is 170 g/mol. The molecule has 1 atom stereocenters. The molecule has 1 N–H and O–H groups in total. The Labute approximate surface area is 89.7 Å². The largest absolute Gasteiger partial charge is 0.313 e. The molecule has 1 saturated carbocycles. The Morgan fingerprint density at radius 1 is 1.14 bits per heavy atom. The van der Waals surface area contributed by atoms with Crippen molar-refractivity contribution in [2.24, 2.45) is 11.3 Å². The molecule has 0 aliphatic heterocycles. The summed E-state index contributed by atoms with van der Waals surface area (Å²) < 4.78 is 0. The van der Waals surface area contributed by atoms with E-state index in [4.69, 9.17) is 0 Å². The summed E-state index contributed by atoms with van der Waals surface area (Å²) in [6.45, 7) is 10.5. The van der Waals surface area contributed by atoms with E-state index in [1.165, 1.54) is 32.1 Å². The van der Waals surface area contributed by atoms with Gasteiger partial charge in [0.25, 0.3) is 0 Å². The lowest BCUT2D eigenvalue weighted by atomic mass is 9.67. The zero-order chi connectivity index (χ0) is 10.6. The lowest BCUT2D eigenvalue weighted by molar-refractivity contribution is 0.114. The summed E-state index contributed by atoms with van der Waals surface area (Å²) in [5.74, 6) is 0.762. The van der Waals surface area contributed by atoms with Crippen LogP contribution in [0.25, 0.3) is 0 Å². The van der Waals surface area contributed by atoms with Crippen LogP contribution >= 0.6 is 0 Å². The van der Waals surface area contributed by atoms with Crippen molar-refractivity contribution < 1.29 is 0 Å². The maximum absolute atomic E-state index is 3.69. The topological polar surface area (TPSA) is 12.0 Å². The standard InChI is InChI=1S/C13H27N/c1-5-14-12(11(2)3)13(4)9-7-6-8-10-13/h11-12,14H,5-10H2,1-4H3. The van der Waals surface area contributed by atoms with Gasteiger partial charge in [0.05, 0.1) is 0 Å². The van der Waals surface area contributed by atoms with Gasteiger partial charge in [-0.1, -0.05) is 47.0 Å². The van der Waals surface area contributed by atoms with Crippen LogP contribution in [-0.2, 0) is 0 Å². The van der Waals surface area contributed by atoms with Crippen LogP contribution in [0.15, 0.2) is 0 Å². The summed E-state index contributed by atoms with van der Waals surface area (Å²) >= 11 is 0. The molecule has 1 aliphatic carbocycles. The van der Waals surface area contributed by atoms with Crippen LogP contribution in [0.2, 0.25) is 0 Å². The normalized spacial score (nSPS) is 23.8. The second-order valence-electron chi connectivity index (χ2n) is 5.49. The van der Waals surface area contributed by atoms with E-state index >= 15 is 0 Å². The SMILES string of the molecule is CCNC(C(C)C)C1(C)CCCCC1. The van der Waals surface area contributed by atoms with Crippen LogP contribution in [0.5, 0.6) is 0 Å². The first-order valence-corrected chi connectivity index (χ1v) is 6.33. The molecule has 1 heteroatoms. The maximum atomic E-state index is 3.69. The van der Waals surface area contributed by atoms with Crippen LogP contribution in [0, 0.1) is 11.3 Å². The molecule has 84 valence electrons. The van der Waals surface area contributed by atoms with Gasteiger partial charge >= 0.3 is 0 Å². The minimum Gasteiger partial charge on any atom is -0.313 e. The first kappa shape index (κ1) is 12.0. The van der Waals surface area contributed by atoms with Gasteiger partial charge in [-0.15, -0.1) is 0 Å². The van der Waals surface area contributed by atoms with Crippen molar-refractivity contribution in [3.05, 3.63) is 0 Å². The Morgan fingerprint density at radius 2 is 1.71 bits per heavy atom. The van der Waals surface area contributed by atoms with E-state index in [-0.39, 0.29) is 0 Å². The molecule has 0 heterocycles. The van der Waals surface area contributed by atoms with Crippen LogP contribution in [0.1, 0.15) is 59.8 Å². The number of hydrogen-bond donors (Lipinski definition) is 1. The molecule has 0 saturated heterocycles. The van der Waals surface area contributed by atoms with Crippen molar-refractivity contribution in [2.75, 3.05) is 6.54 Å². The molecule has 0 aromatic heterocycles. The predicted molar refractivity (Wildman–Crippen MR) is 63.5 cm³/mol. The highest BCUT2D eigenvalue weighted by Crippen LogP contribution is 2.40. The second kappa shape index (κ2) is 5.16. The Hall–Kier alpha value is -0.0400. The Bertz CT molecular complexity index is 157. The van der Waals surface area contributed by atoms with Gasteiger partial charge in [-0.25, -0.2) is 0 Å². The van der Waals surface area contributed by atoms with Crippen molar-refractivity contribution >= 4 is 0 Å². The molecule has 0 bridgehead atoms. The second-order valence-corrected chi connectivity index (χ2v) is 5.49. The van der Waals surface area contributed by atoms with Crippen LogP contribution in [-0.4, -0.2) is 12.6 Å². The fourth-order valence-electron chi connectivity index (χ4n) is 3.18. The molecule has 14 heavy (non-hydrogen) atoms. The monoisotopic (exact) mass is 197 g/mol. The van der Waals surface area contributed by atoms with Crippen molar-refractivity contribution in [2.45, 2.75) is 65.8 Å². The van der Waals surface area contributed by atoms with E-state index in [9.17, 15) is 0 Å². The summed E-state index contributed by atoms with van der Waals surface area (Å²) in [7, 11) is 0.